The number of nitrogens with two attached hydrogens (primary N) is 1. The van der Waals surface area contributed by atoms with E-state index in [0.29, 0.717) is 51.9 Å². The summed E-state index contributed by atoms with van der Waals surface area (Å²) < 4.78 is 31.2. The van der Waals surface area contributed by atoms with Crippen LogP contribution in [-0.4, -0.2) is 79.3 Å². The zero-order chi connectivity index (χ0) is 28.8. The third-order valence-corrected chi connectivity index (χ3v) is 8.10. The molecule has 2 aromatic rings. The zero-order valence-corrected chi connectivity index (χ0v) is 25.0. The van der Waals surface area contributed by atoms with Gasteiger partial charge in [0.15, 0.2) is 10.8 Å². The molecule has 13 heteroatoms. The topological polar surface area (TPSA) is 128 Å². The molecule has 2 aliphatic heterocycles. The molecule has 1 fully saturated rings. The average Bonchev–Trinajstić information content (AvgIpc) is 3.47. The van der Waals surface area contributed by atoms with Gasteiger partial charge >= 0.3 is 11.9 Å². The Morgan fingerprint density at radius 1 is 1.35 bits per heavy atom. The standard InChI is InChI=1S/C27H33BrFN5O5S/c1-4-38-26(35)21-20(12-34-8-9-37-13-17(34)14-39-27(36)22(30)15(2)3)32-24(25-31-7-10-40-25)33-23(21)18-6-5-16(29)11-19(18)28/h5-7,10-11,15,17,22-23H,4,8-9,12-14,30H2,1-3H3,(H,32,33)/t17-,22-,23?/m0/s1. The van der Waals surface area contributed by atoms with Gasteiger partial charge in [0, 0.05) is 34.8 Å². The molecule has 1 aromatic heterocycles. The van der Waals surface area contributed by atoms with E-state index in [9.17, 15) is 14.0 Å². The Bertz CT molecular complexity index is 1270. The summed E-state index contributed by atoms with van der Waals surface area (Å²) >= 11 is 4.85. The first-order valence-electron chi connectivity index (χ1n) is 13.0. The molecule has 3 heterocycles. The summed E-state index contributed by atoms with van der Waals surface area (Å²) in [6.45, 7) is 7.34. The van der Waals surface area contributed by atoms with Crippen molar-refractivity contribution in [3.05, 3.63) is 61.9 Å². The molecule has 2 aliphatic rings. The maximum Gasteiger partial charge on any atom is 0.338 e. The molecule has 1 aromatic carbocycles. The molecule has 0 spiro atoms. The van der Waals surface area contributed by atoms with E-state index in [0.717, 1.165) is 0 Å². The fourth-order valence-electron chi connectivity index (χ4n) is 4.37. The smallest absolute Gasteiger partial charge is 0.338 e. The zero-order valence-electron chi connectivity index (χ0n) is 22.6. The van der Waals surface area contributed by atoms with Crippen LogP contribution in [0.4, 0.5) is 4.39 Å². The van der Waals surface area contributed by atoms with Crippen LogP contribution in [-0.2, 0) is 23.8 Å². The van der Waals surface area contributed by atoms with Crippen LogP contribution in [0.25, 0.3) is 0 Å². The predicted octanol–water partition coefficient (Wildman–Crippen LogP) is 3.18. The molecule has 10 nitrogen and oxygen atoms in total. The molecule has 1 unspecified atom stereocenters. The molecule has 0 aliphatic carbocycles. The lowest BCUT2D eigenvalue weighted by molar-refractivity contribution is -0.150. The van der Waals surface area contributed by atoms with Gasteiger partial charge in [0.05, 0.1) is 31.4 Å². The molecule has 0 bridgehead atoms. The molecular weight excluding hydrogens is 605 g/mol. The van der Waals surface area contributed by atoms with Gasteiger partial charge in [-0.1, -0.05) is 35.8 Å². The van der Waals surface area contributed by atoms with Crippen molar-refractivity contribution < 1.29 is 28.2 Å². The van der Waals surface area contributed by atoms with E-state index in [1.807, 2.05) is 19.2 Å². The van der Waals surface area contributed by atoms with Gasteiger partial charge in [-0.25, -0.2) is 14.2 Å². The third kappa shape index (κ3) is 7.13. The highest BCUT2D eigenvalue weighted by molar-refractivity contribution is 9.10. The highest BCUT2D eigenvalue weighted by Crippen LogP contribution is 2.37. The number of ether oxygens (including phenoxy) is 3. The molecule has 0 saturated carbocycles. The molecular formula is C27H33BrFN5O5S. The van der Waals surface area contributed by atoms with Crippen LogP contribution in [0.1, 0.15) is 37.4 Å². The molecule has 3 atom stereocenters. The molecule has 40 heavy (non-hydrogen) atoms. The van der Waals surface area contributed by atoms with Crippen molar-refractivity contribution in [1.29, 1.82) is 0 Å². The number of carbonyl (C=O) groups excluding carboxylic acids is 2. The van der Waals surface area contributed by atoms with Crippen molar-refractivity contribution in [2.24, 2.45) is 16.6 Å². The van der Waals surface area contributed by atoms with Crippen molar-refractivity contribution in [2.75, 3.05) is 39.5 Å². The monoisotopic (exact) mass is 637 g/mol. The normalized spacial score (nSPS) is 20.6. The number of rotatable bonds is 10. The molecule has 4 rings (SSSR count). The summed E-state index contributed by atoms with van der Waals surface area (Å²) in [6, 6.07) is 2.50. The Labute approximate surface area is 244 Å². The minimum atomic E-state index is -0.787. The first kappa shape index (κ1) is 30.3. The van der Waals surface area contributed by atoms with E-state index in [1.165, 1.54) is 23.5 Å². The van der Waals surface area contributed by atoms with Crippen molar-refractivity contribution in [1.82, 2.24) is 15.2 Å². The third-order valence-electron chi connectivity index (χ3n) is 6.63. The largest absolute Gasteiger partial charge is 0.463 e. The Balaban J connectivity index is 1.70. The summed E-state index contributed by atoms with van der Waals surface area (Å²) in [7, 11) is 0. The number of aromatic nitrogens is 1. The molecule has 0 amide bonds. The Hall–Kier alpha value is -2.71. The maximum atomic E-state index is 14.0. The van der Waals surface area contributed by atoms with E-state index < -0.39 is 29.8 Å². The minimum Gasteiger partial charge on any atom is -0.463 e. The number of hydrogen-bond donors (Lipinski definition) is 2. The number of nitrogens with zero attached hydrogens (tertiary/aromatic N) is 3. The Morgan fingerprint density at radius 2 is 2.15 bits per heavy atom. The fourth-order valence-corrected chi connectivity index (χ4v) is 5.52. The summed E-state index contributed by atoms with van der Waals surface area (Å²) in [5.41, 5.74) is 7.43. The van der Waals surface area contributed by atoms with E-state index >= 15 is 0 Å². The van der Waals surface area contributed by atoms with Crippen LogP contribution in [0, 0.1) is 11.7 Å². The number of morpholine rings is 1. The number of amidine groups is 1. The quantitative estimate of drug-likeness (QED) is 0.377. The van der Waals surface area contributed by atoms with Crippen LogP contribution >= 0.6 is 27.3 Å². The number of halogens is 2. The van der Waals surface area contributed by atoms with Gasteiger partial charge in [-0.2, -0.15) is 0 Å². The van der Waals surface area contributed by atoms with Crippen molar-refractivity contribution in [2.45, 2.75) is 38.9 Å². The van der Waals surface area contributed by atoms with E-state index in [1.54, 1.807) is 19.2 Å². The van der Waals surface area contributed by atoms with Crippen molar-refractivity contribution in [3.8, 4) is 0 Å². The summed E-state index contributed by atoms with van der Waals surface area (Å²) in [6.07, 6.45) is 1.67. The number of carbonyl (C=O) groups is 2. The van der Waals surface area contributed by atoms with Gasteiger partial charge < -0.3 is 25.3 Å². The lowest BCUT2D eigenvalue weighted by atomic mass is 9.95. The fraction of sp³-hybridized carbons (Fsp3) is 0.481. The van der Waals surface area contributed by atoms with Gasteiger partial charge in [0.25, 0.3) is 0 Å². The molecule has 3 N–H and O–H groups in total. The number of hydrogen-bond acceptors (Lipinski definition) is 11. The second kappa shape index (κ2) is 13.8. The van der Waals surface area contributed by atoms with Crippen LogP contribution < -0.4 is 11.1 Å². The first-order chi connectivity index (χ1) is 19.2. The van der Waals surface area contributed by atoms with Gasteiger partial charge in [-0.05, 0) is 30.5 Å². The van der Waals surface area contributed by atoms with Crippen LogP contribution in [0.15, 0.2) is 50.5 Å². The second-order valence-electron chi connectivity index (χ2n) is 9.72. The highest BCUT2D eigenvalue weighted by Gasteiger charge is 2.36. The molecule has 0 radical (unpaired) electrons. The Kier molecular flexibility index (Phi) is 10.4. The van der Waals surface area contributed by atoms with Gasteiger partial charge in [-0.15, -0.1) is 11.3 Å². The average molecular weight is 639 g/mol. The minimum absolute atomic E-state index is 0.0544. The summed E-state index contributed by atoms with van der Waals surface area (Å²) in [4.78, 5) is 37.2. The number of nitrogens with one attached hydrogen (secondary N) is 1. The molecule has 1 saturated heterocycles. The first-order valence-corrected chi connectivity index (χ1v) is 14.7. The SMILES string of the molecule is CCOC(=O)C1=C(CN2CCOC[C@H]2COC(=O)[C@@H](N)C(C)C)NC(c2nccs2)=NC1c1ccc(F)cc1Br. The van der Waals surface area contributed by atoms with Crippen molar-refractivity contribution >= 4 is 45.0 Å². The van der Waals surface area contributed by atoms with Crippen LogP contribution in [0.3, 0.4) is 0 Å². The number of benzene rings is 1. The maximum absolute atomic E-state index is 14.0. The molecule has 216 valence electrons. The van der Waals surface area contributed by atoms with Gasteiger partial charge in [0.1, 0.15) is 24.5 Å². The lowest BCUT2D eigenvalue weighted by Gasteiger charge is -2.37. The second-order valence-corrected chi connectivity index (χ2v) is 11.5. The Morgan fingerprint density at radius 3 is 2.83 bits per heavy atom. The van der Waals surface area contributed by atoms with E-state index in [2.05, 4.69) is 31.1 Å². The van der Waals surface area contributed by atoms with E-state index in [4.69, 9.17) is 24.9 Å². The summed E-state index contributed by atoms with van der Waals surface area (Å²) in [5.74, 6) is -0.993. The van der Waals surface area contributed by atoms with Gasteiger partial charge in [0.2, 0.25) is 0 Å². The van der Waals surface area contributed by atoms with Gasteiger partial charge in [-0.3, -0.25) is 14.7 Å². The van der Waals surface area contributed by atoms with Crippen LogP contribution in [0.2, 0.25) is 0 Å². The van der Waals surface area contributed by atoms with Crippen LogP contribution in [0.5, 0.6) is 0 Å². The highest BCUT2D eigenvalue weighted by atomic mass is 79.9. The number of thiazole rings is 1. The summed E-state index contributed by atoms with van der Waals surface area (Å²) in [5, 5.41) is 5.79. The number of esters is 2. The van der Waals surface area contributed by atoms with Crippen molar-refractivity contribution in [3.63, 3.8) is 0 Å². The number of aliphatic imine (C=N–C) groups is 1. The lowest BCUT2D eigenvalue weighted by Crippen LogP contribution is -2.51. The van der Waals surface area contributed by atoms with E-state index in [-0.39, 0.29) is 31.7 Å². The predicted molar refractivity (Wildman–Crippen MR) is 152 cm³/mol.